The van der Waals surface area contributed by atoms with E-state index in [9.17, 15) is 19.2 Å². The third-order valence-corrected chi connectivity index (χ3v) is 6.88. The van der Waals surface area contributed by atoms with Crippen molar-refractivity contribution in [3.63, 3.8) is 0 Å². The predicted molar refractivity (Wildman–Crippen MR) is 135 cm³/mol. The first-order valence-corrected chi connectivity index (χ1v) is 12.2. The maximum Gasteiger partial charge on any atom is 0.254 e. The van der Waals surface area contributed by atoms with Crippen LogP contribution in [0.1, 0.15) is 64.7 Å². The first-order chi connectivity index (χ1) is 17.0. The van der Waals surface area contributed by atoms with Gasteiger partial charge >= 0.3 is 0 Å². The highest BCUT2D eigenvalue weighted by atomic mass is 19.1. The van der Waals surface area contributed by atoms with Crippen molar-refractivity contribution in [1.82, 2.24) is 4.90 Å². The van der Waals surface area contributed by atoms with E-state index in [1.54, 1.807) is 23.1 Å². The summed E-state index contributed by atoms with van der Waals surface area (Å²) >= 11 is 0. The number of halogens is 1. The number of nitrogens with zero attached hydrogens (tertiary/aromatic N) is 2. The molecule has 0 bridgehead atoms. The zero-order chi connectivity index (χ0) is 24.8. The van der Waals surface area contributed by atoms with Crippen LogP contribution in [-0.4, -0.2) is 30.2 Å². The fourth-order valence-electron chi connectivity index (χ4n) is 5.02. The summed E-state index contributed by atoms with van der Waals surface area (Å²) < 4.78 is 13.5. The number of likely N-dealkylation sites (N-methyl/N-ethyl adjacent to an activating group) is 1. The van der Waals surface area contributed by atoms with Crippen LogP contribution < -0.4 is 0 Å². The van der Waals surface area contributed by atoms with Gasteiger partial charge in [-0.15, -0.1) is 0 Å². The molecule has 1 atom stereocenters. The second kappa shape index (κ2) is 11.1. The van der Waals surface area contributed by atoms with Crippen LogP contribution in [-0.2, 0) is 17.6 Å². The molecule has 0 heterocycles. The second-order valence-corrected chi connectivity index (χ2v) is 9.02. The smallest absolute Gasteiger partial charge is 0.254 e. The maximum atomic E-state index is 14.1. The van der Waals surface area contributed by atoms with Crippen LogP contribution in [0.3, 0.4) is 0 Å². The molecule has 35 heavy (non-hydrogen) atoms. The molecule has 1 aliphatic rings. The fourth-order valence-corrected chi connectivity index (χ4v) is 5.02. The number of benzene rings is 3. The molecular formula is C30H29FN2O2. The molecule has 178 valence electrons. The average Bonchev–Trinajstić information content (AvgIpc) is 2.90. The Bertz CT molecular complexity index is 1260. The van der Waals surface area contributed by atoms with Gasteiger partial charge in [-0.1, -0.05) is 36.4 Å². The molecule has 0 N–H and O–H groups in total. The summed E-state index contributed by atoms with van der Waals surface area (Å²) in [6.45, 7) is 2.78. The lowest BCUT2D eigenvalue weighted by atomic mass is 9.83. The van der Waals surface area contributed by atoms with Gasteiger partial charge < -0.3 is 9.69 Å². The summed E-state index contributed by atoms with van der Waals surface area (Å²) in [5, 5.41) is 9.40. The van der Waals surface area contributed by atoms with Gasteiger partial charge in [-0.3, -0.25) is 4.79 Å². The minimum Gasteiger partial charge on any atom is -0.338 e. The molecule has 5 heteroatoms. The van der Waals surface area contributed by atoms with Crippen LogP contribution >= 0.6 is 0 Å². The highest BCUT2D eigenvalue weighted by Crippen LogP contribution is 2.34. The van der Waals surface area contributed by atoms with Crippen molar-refractivity contribution < 1.29 is 14.0 Å². The number of rotatable bonds is 8. The van der Waals surface area contributed by atoms with Gasteiger partial charge in [0.2, 0.25) is 0 Å². The van der Waals surface area contributed by atoms with Gasteiger partial charge in [0.15, 0.2) is 0 Å². The lowest BCUT2D eigenvalue weighted by molar-refractivity contribution is -0.108. The Balaban J connectivity index is 1.76. The summed E-state index contributed by atoms with van der Waals surface area (Å²) in [5.41, 5.74) is 6.06. The largest absolute Gasteiger partial charge is 0.338 e. The summed E-state index contributed by atoms with van der Waals surface area (Å²) in [5.74, 6) is -0.620. The number of fused-ring (bicyclic) bond motifs is 1. The number of amides is 1. The van der Waals surface area contributed by atoms with Crippen molar-refractivity contribution in [3.8, 4) is 17.2 Å². The molecule has 1 amide bonds. The molecule has 0 radical (unpaired) electrons. The Hall–Kier alpha value is -3.78. The van der Waals surface area contributed by atoms with E-state index in [0.717, 1.165) is 54.2 Å². The highest BCUT2D eigenvalue weighted by Gasteiger charge is 2.27. The Morgan fingerprint density at radius 1 is 1.11 bits per heavy atom. The Kier molecular flexibility index (Phi) is 7.72. The number of carbonyl (C=O) groups excluding carboxylic acids is 2. The lowest BCUT2D eigenvalue weighted by Gasteiger charge is -2.29. The molecule has 1 aliphatic carbocycles. The quantitative estimate of drug-likeness (QED) is 0.377. The van der Waals surface area contributed by atoms with E-state index < -0.39 is 0 Å². The lowest BCUT2D eigenvalue weighted by Crippen LogP contribution is -2.36. The molecule has 0 spiro atoms. The fraction of sp³-hybridized carbons (Fsp3) is 0.300. The molecule has 0 unspecified atom stereocenters. The van der Waals surface area contributed by atoms with Gasteiger partial charge in [-0.2, -0.15) is 5.26 Å². The monoisotopic (exact) mass is 468 g/mol. The zero-order valence-corrected chi connectivity index (χ0v) is 20.0. The SMILES string of the molecule is CCN(C[C@@H](CC=O)c1ccc(F)cc1)C(=O)c1c(-c2cccc(C#N)c2)ccc2c1CCCC2. The Labute approximate surface area is 206 Å². The maximum absolute atomic E-state index is 14.1. The molecule has 4 nitrogen and oxygen atoms in total. The highest BCUT2D eigenvalue weighted by molar-refractivity contribution is 6.03. The van der Waals surface area contributed by atoms with Crippen LogP contribution in [0.4, 0.5) is 4.39 Å². The normalized spacial score (nSPS) is 13.4. The molecule has 0 aliphatic heterocycles. The van der Waals surface area contributed by atoms with Gasteiger partial charge in [-0.05, 0) is 84.7 Å². The Morgan fingerprint density at radius 3 is 2.60 bits per heavy atom. The number of hydrogen-bond acceptors (Lipinski definition) is 3. The molecule has 4 rings (SSSR count). The topological polar surface area (TPSA) is 61.2 Å². The first-order valence-electron chi connectivity index (χ1n) is 12.2. The minimum absolute atomic E-state index is 0.0679. The molecule has 3 aromatic rings. The standard InChI is InChI=1S/C30H29FN2O2/c1-2-33(20-25(16-17-34)22-10-13-26(31)14-11-22)30(35)29-27-9-4-3-7-23(27)12-15-28(29)24-8-5-6-21(18-24)19-32/h5-6,8,10-15,17-18,25H,2-4,7,9,16,20H2,1H3/t25-/m1/s1. The number of aldehydes is 1. The van der Waals surface area contributed by atoms with E-state index in [4.69, 9.17) is 0 Å². The number of nitriles is 1. The summed E-state index contributed by atoms with van der Waals surface area (Å²) in [7, 11) is 0. The predicted octanol–water partition coefficient (Wildman–Crippen LogP) is 6.08. The van der Waals surface area contributed by atoms with Crippen molar-refractivity contribution in [2.45, 2.75) is 44.9 Å². The minimum atomic E-state index is -0.331. The number of carbonyl (C=O) groups is 2. The van der Waals surface area contributed by atoms with Gasteiger partial charge in [0, 0.05) is 25.4 Å². The molecule has 3 aromatic carbocycles. The van der Waals surface area contributed by atoms with E-state index in [0.29, 0.717) is 24.2 Å². The van der Waals surface area contributed by atoms with E-state index >= 15 is 0 Å². The Morgan fingerprint density at radius 2 is 1.89 bits per heavy atom. The van der Waals surface area contributed by atoms with Gasteiger partial charge in [-0.25, -0.2) is 4.39 Å². The second-order valence-electron chi connectivity index (χ2n) is 9.02. The van der Waals surface area contributed by atoms with Gasteiger partial charge in [0.05, 0.1) is 17.2 Å². The van der Waals surface area contributed by atoms with Crippen LogP contribution in [0.25, 0.3) is 11.1 Å². The first kappa shape index (κ1) is 24.3. The summed E-state index contributed by atoms with van der Waals surface area (Å²) in [6, 6.07) is 19.8. The van der Waals surface area contributed by atoms with Crippen molar-refractivity contribution in [2.75, 3.05) is 13.1 Å². The molecule has 0 saturated carbocycles. The van der Waals surface area contributed by atoms with Gasteiger partial charge in [0.1, 0.15) is 12.1 Å². The summed E-state index contributed by atoms with van der Waals surface area (Å²) in [6.07, 6.45) is 5.03. The zero-order valence-electron chi connectivity index (χ0n) is 20.0. The van der Waals surface area contributed by atoms with Crippen molar-refractivity contribution in [3.05, 3.63) is 94.3 Å². The van der Waals surface area contributed by atoms with E-state index in [1.807, 2.05) is 31.2 Å². The van der Waals surface area contributed by atoms with Crippen LogP contribution in [0, 0.1) is 17.1 Å². The third kappa shape index (κ3) is 5.33. The number of hydrogen-bond donors (Lipinski definition) is 0. The van der Waals surface area contributed by atoms with Crippen LogP contribution in [0.5, 0.6) is 0 Å². The molecule has 0 fully saturated rings. The van der Waals surface area contributed by atoms with E-state index in [-0.39, 0.29) is 24.1 Å². The summed E-state index contributed by atoms with van der Waals surface area (Å²) in [4.78, 5) is 27.4. The molecule has 0 saturated heterocycles. The third-order valence-electron chi connectivity index (χ3n) is 6.88. The van der Waals surface area contributed by atoms with Crippen molar-refractivity contribution >= 4 is 12.2 Å². The van der Waals surface area contributed by atoms with E-state index in [2.05, 4.69) is 12.1 Å². The van der Waals surface area contributed by atoms with Crippen molar-refractivity contribution in [2.24, 2.45) is 0 Å². The van der Waals surface area contributed by atoms with E-state index in [1.165, 1.54) is 17.7 Å². The van der Waals surface area contributed by atoms with Crippen LogP contribution in [0.2, 0.25) is 0 Å². The molecule has 0 aromatic heterocycles. The van der Waals surface area contributed by atoms with Crippen molar-refractivity contribution in [1.29, 1.82) is 5.26 Å². The van der Waals surface area contributed by atoms with Crippen LogP contribution in [0.15, 0.2) is 60.7 Å². The number of aryl methyl sites for hydroxylation is 1. The van der Waals surface area contributed by atoms with Gasteiger partial charge in [0.25, 0.3) is 5.91 Å². The molecular weight excluding hydrogens is 439 g/mol. The average molecular weight is 469 g/mol.